The van der Waals surface area contributed by atoms with E-state index >= 15 is 0 Å². The molecule has 0 radical (unpaired) electrons. The first kappa shape index (κ1) is 14.7. The van der Waals surface area contributed by atoms with E-state index in [1.165, 1.54) is 18.2 Å². The van der Waals surface area contributed by atoms with Crippen LogP contribution in [0.3, 0.4) is 0 Å². The third kappa shape index (κ3) is 4.50. The topological polar surface area (TPSA) is 38.3 Å². The maximum atomic E-state index is 13.4. The fourth-order valence-electron chi connectivity index (χ4n) is 1.31. The van der Waals surface area contributed by atoms with Crippen molar-refractivity contribution >= 4 is 18.5 Å². The highest BCUT2D eigenvalue weighted by Crippen LogP contribution is 2.13. The molecule has 0 heterocycles. The average Bonchev–Trinajstić information content (AvgIpc) is 2.36. The van der Waals surface area contributed by atoms with Gasteiger partial charge in [-0.25, -0.2) is 4.39 Å². The van der Waals surface area contributed by atoms with Gasteiger partial charge in [-0.15, -0.1) is 19.2 Å². The van der Waals surface area contributed by atoms with Crippen molar-refractivity contribution in [2.24, 2.45) is 0 Å². The predicted molar refractivity (Wildman–Crippen MR) is 71.6 cm³/mol. The van der Waals surface area contributed by atoms with Crippen LogP contribution in [0.4, 0.5) is 4.39 Å². The number of hydrogen-bond acceptors (Lipinski definition) is 3. The lowest BCUT2D eigenvalue weighted by atomic mass is 10.2. The third-order valence-electron chi connectivity index (χ3n) is 2.24. The summed E-state index contributed by atoms with van der Waals surface area (Å²) in [6.45, 7) is 6.06. The lowest BCUT2D eigenvalue weighted by Gasteiger charge is -2.13. The van der Waals surface area contributed by atoms with Crippen LogP contribution < -0.4 is 5.32 Å². The molecule has 1 amide bonds. The van der Waals surface area contributed by atoms with E-state index in [1.54, 1.807) is 6.08 Å². The minimum atomic E-state index is -0.565. The molecule has 0 aliphatic heterocycles. The summed E-state index contributed by atoms with van der Waals surface area (Å²) < 4.78 is 18.7. The molecule has 0 bridgehead atoms. The van der Waals surface area contributed by atoms with Crippen LogP contribution in [0.1, 0.15) is 17.3 Å². The molecule has 3 nitrogen and oxygen atoms in total. The van der Waals surface area contributed by atoms with E-state index in [0.29, 0.717) is 18.0 Å². The number of nitrogens with one attached hydrogen (secondary N) is 1. The fraction of sp³-hybridized carbons (Fsp3) is 0.308. The first-order chi connectivity index (χ1) is 8.54. The molecule has 0 aromatic heterocycles. The minimum absolute atomic E-state index is 0.0154. The second kappa shape index (κ2) is 7.18. The molecule has 1 aromatic carbocycles. The largest absolute Gasteiger partial charge is 0.373 e. The van der Waals surface area contributed by atoms with Crippen molar-refractivity contribution in [2.75, 3.05) is 13.2 Å². The molecule has 1 atom stereocenters. The highest BCUT2D eigenvalue weighted by atomic mass is 32.1. The Hall–Kier alpha value is -1.33. The highest BCUT2D eigenvalue weighted by molar-refractivity contribution is 7.80. The average molecular weight is 269 g/mol. The van der Waals surface area contributed by atoms with Crippen molar-refractivity contribution in [3.8, 4) is 0 Å². The summed E-state index contributed by atoms with van der Waals surface area (Å²) in [4.78, 5) is 12.3. The number of benzene rings is 1. The van der Waals surface area contributed by atoms with E-state index in [4.69, 9.17) is 4.74 Å². The molecule has 0 fully saturated rings. The van der Waals surface area contributed by atoms with Crippen LogP contribution in [-0.4, -0.2) is 25.2 Å². The van der Waals surface area contributed by atoms with Crippen LogP contribution in [0.2, 0.25) is 0 Å². The van der Waals surface area contributed by atoms with Gasteiger partial charge in [0.05, 0.1) is 18.3 Å². The summed E-state index contributed by atoms with van der Waals surface area (Å²) >= 11 is 4.07. The summed E-state index contributed by atoms with van der Waals surface area (Å²) in [5.41, 5.74) is -0.0154. The molecular weight excluding hydrogens is 253 g/mol. The second-order valence-electron chi connectivity index (χ2n) is 3.81. The Balaban J connectivity index is 2.55. The number of thiol groups is 1. The van der Waals surface area contributed by atoms with E-state index < -0.39 is 11.7 Å². The Morgan fingerprint density at radius 3 is 3.06 bits per heavy atom. The lowest BCUT2D eigenvalue weighted by Crippen LogP contribution is -2.32. The summed E-state index contributed by atoms with van der Waals surface area (Å²) in [5.74, 6) is -1.04. The first-order valence-electron chi connectivity index (χ1n) is 5.53. The molecule has 0 saturated carbocycles. The molecule has 0 aliphatic rings. The molecule has 18 heavy (non-hydrogen) atoms. The van der Waals surface area contributed by atoms with Gasteiger partial charge in [0.2, 0.25) is 0 Å². The second-order valence-corrected chi connectivity index (χ2v) is 4.32. The van der Waals surface area contributed by atoms with Gasteiger partial charge < -0.3 is 10.1 Å². The first-order valence-corrected chi connectivity index (χ1v) is 5.98. The number of halogens is 1. The zero-order valence-corrected chi connectivity index (χ0v) is 11.0. The number of hydrogen-bond donors (Lipinski definition) is 2. The Labute approximate surface area is 111 Å². The van der Waals surface area contributed by atoms with E-state index in [1.807, 2.05) is 6.92 Å². The molecule has 0 spiro atoms. The fourth-order valence-corrected chi connectivity index (χ4v) is 1.51. The monoisotopic (exact) mass is 269 g/mol. The van der Waals surface area contributed by atoms with Gasteiger partial charge in [-0.2, -0.15) is 0 Å². The van der Waals surface area contributed by atoms with Crippen LogP contribution in [0.5, 0.6) is 0 Å². The smallest absolute Gasteiger partial charge is 0.254 e. The van der Waals surface area contributed by atoms with Crippen molar-refractivity contribution in [3.05, 3.63) is 42.2 Å². The number of carbonyl (C=O) groups is 1. The van der Waals surface area contributed by atoms with Gasteiger partial charge in [-0.05, 0) is 25.1 Å². The number of amides is 1. The highest BCUT2D eigenvalue weighted by Gasteiger charge is 2.12. The van der Waals surface area contributed by atoms with Crippen LogP contribution in [0, 0.1) is 5.82 Å². The molecule has 1 rings (SSSR count). The van der Waals surface area contributed by atoms with Gasteiger partial charge in [-0.1, -0.05) is 6.08 Å². The van der Waals surface area contributed by atoms with Crippen molar-refractivity contribution in [1.29, 1.82) is 0 Å². The van der Waals surface area contributed by atoms with Gasteiger partial charge in [-0.3, -0.25) is 4.79 Å². The Morgan fingerprint density at radius 1 is 1.67 bits per heavy atom. The number of rotatable bonds is 6. The van der Waals surface area contributed by atoms with Gasteiger partial charge >= 0.3 is 0 Å². The molecule has 5 heteroatoms. The summed E-state index contributed by atoms with van der Waals surface area (Å²) in [5, 5.41) is 2.60. The Bertz CT molecular complexity index is 437. The van der Waals surface area contributed by atoms with E-state index in [-0.39, 0.29) is 11.7 Å². The van der Waals surface area contributed by atoms with E-state index in [2.05, 4.69) is 24.5 Å². The maximum Gasteiger partial charge on any atom is 0.254 e. The van der Waals surface area contributed by atoms with Gasteiger partial charge in [0.1, 0.15) is 5.82 Å². The van der Waals surface area contributed by atoms with E-state index in [9.17, 15) is 9.18 Å². The summed E-state index contributed by atoms with van der Waals surface area (Å²) in [6, 6.07) is 4.10. The number of carbonyl (C=O) groups excluding carboxylic acids is 1. The Morgan fingerprint density at radius 2 is 2.39 bits per heavy atom. The van der Waals surface area contributed by atoms with Crippen LogP contribution in [-0.2, 0) is 4.74 Å². The van der Waals surface area contributed by atoms with Gasteiger partial charge in [0.15, 0.2) is 0 Å². The van der Waals surface area contributed by atoms with Gasteiger partial charge in [0, 0.05) is 11.4 Å². The summed E-state index contributed by atoms with van der Waals surface area (Å²) in [6.07, 6.45) is 1.47. The zero-order chi connectivity index (χ0) is 13.5. The predicted octanol–water partition coefficient (Wildman–Crippen LogP) is 2.44. The van der Waals surface area contributed by atoms with Gasteiger partial charge in [0.25, 0.3) is 5.91 Å². The normalized spacial score (nSPS) is 11.9. The molecule has 0 aliphatic carbocycles. The number of ether oxygens (including phenoxy) is 1. The quantitative estimate of drug-likeness (QED) is 0.615. The van der Waals surface area contributed by atoms with E-state index in [0.717, 1.165) is 0 Å². The standard InChI is InChI=1S/C13H16FNO2S/c1-3-6-17-9(2)8-15-13(16)11-7-10(18)4-5-12(11)14/h3-5,7,9,18H,1,6,8H2,2H3,(H,15,16). The minimum Gasteiger partial charge on any atom is -0.373 e. The zero-order valence-electron chi connectivity index (χ0n) is 10.1. The molecule has 0 saturated heterocycles. The van der Waals surface area contributed by atoms with Crippen molar-refractivity contribution in [3.63, 3.8) is 0 Å². The molecule has 1 N–H and O–H groups in total. The molecular formula is C13H16FNO2S. The Kier molecular flexibility index (Phi) is 5.88. The van der Waals surface area contributed by atoms with Crippen molar-refractivity contribution in [2.45, 2.75) is 17.9 Å². The van der Waals surface area contributed by atoms with Crippen molar-refractivity contribution < 1.29 is 13.9 Å². The van der Waals surface area contributed by atoms with Crippen LogP contribution in [0.15, 0.2) is 35.7 Å². The van der Waals surface area contributed by atoms with Crippen LogP contribution >= 0.6 is 12.6 Å². The SMILES string of the molecule is C=CCOC(C)CNC(=O)c1cc(S)ccc1F. The molecule has 1 aromatic rings. The molecule has 98 valence electrons. The lowest BCUT2D eigenvalue weighted by molar-refractivity contribution is 0.0767. The summed E-state index contributed by atoms with van der Waals surface area (Å²) in [7, 11) is 0. The maximum absolute atomic E-state index is 13.4. The van der Waals surface area contributed by atoms with Crippen molar-refractivity contribution in [1.82, 2.24) is 5.32 Å². The molecule has 1 unspecified atom stereocenters. The third-order valence-corrected chi connectivity index (χ3v) is 2.52. The van der Waals surface area contributed by atoms with Crippen LogP contribution in [0.25, 0.3) is 0 Å².